The number of ether oxygens (including phenoxy) is 1. The molecule has 0 N–H and O–H groups in total. The molecule has 0 fully saturated rings. The highest BCUT2D eigenvalue weighted by molar-refractivity contribution is 6.18. The third-order valence-electron chi connectivity index (χ3n) is 2.22. The molecule has 0 amide bonds. The van der Waals surface area contributed by atoms with Crippen LogP contribution in [-0.2, 0) is 0 Å². The maximum Gasteiger partial charge on any atom is 0.401 e. The molecule has 0 unspecified atom stereocenters. The van der Waals surface area contributed by atoms with Crippen LogP contribution in [0.5, 0.6) is 5.75 Å². The Labute approximate surface area is 109 Å². The Morgan fingerprint density at radius 2 is 1.78 bits per heavy atom. The average molecular weight is 282 g/mol. The van der Waals surface area contributed by atoms with Crippen molar-refractivity contribution in [2.45, 2.75) is 6.18 Å². The smallest absolute Gasteiger partial charge is 0.401 e. The van der Waals surface area contributed by atoms with E-state index in [2.05, 4.69) is 0 Å². The van der Waals surface area contributed by atoms with Crippen LogP contribution in [0.3, 0.4) is 0 Å². The van der Waals surface area contributed by atoms with E-state index in [-0.39, 0.29) is 25.6 Å². The Bertz CT molecular complexity index is 332. The Kier molecular flexibility index (Phi) is 6.29. The summed E-state index contributed by atoms with van der Waals surface area (Å²) in [6.45, 7) is -0.366. The predicted molar refractivity (Wildman–Crippen MR) is 65.2 cm³/mol. The van der Waals surface area contributed by atoms with Crippen LogP contribution in [0.4, 0.5) is 13.2 Å². The number of rotatable bonds is 7. The summed E-state index contributed by atoms with van der Waals surface area (Å²) in [5.41, 5.74) is 0. The fourth-order valence-electron chi connectivity index (χ4n) is 1.45. The van der Waals surface area contributed by atoms with E-state index in [0.29, 0.717) is 5.75 Å². The van der Waals surface area contributed by atoms with Crippen molar-refractivity contribution in [3.63, 3.8) is 0 Å². The lowest BCUT2D eigenvalue weighted by Gasteiger charge is -2.22. The maximum absolute atomic E-state index is 12.3. The lowest BCUT2D eigenvalue weighted by molar-refractivity contribution is -0.145. The standard InChI is InChI=1S/C12H15ClF3NO/c13-6-7-17(10-12(14,15)16)8-9-18-11-4-2-1-3-5-11/h1-5H,6-10H2. The number of alkyl halides is 4. The zero-order chi connectivity index (χ0) is 13.4. The van der Waals surface area contributed by atoms with Gasteiger partial charge in [0, 0.05) is 19.0 Å². The van der Waals surface area contributed by atoms with E-state index in [4.69, 9.17) is 16.3 Å². The summed E-state index contributed by atoms with van der Waals surface area (Å²) in [6, 6.07) is 8.98. The van der Waals surface area contributed by atoms with Crippen LogP contribution in [-0.4, -0.2) is 43.2 Å². The fraction of sp³-hybridized carbons (Fsp3) is 0.500. The fourth-order valence-corrected chi connectivity index (χ4v) is 1.69. The van der Waals surface area contributed by atoms with E-state index in [1.54, 1.807) is 12.1 Å². The van der Waals surface area contributed by atoms with E-state index < -0.39 is 12.7 Å². The number of nitrogens with zero attached hydrogens (tertiary/aromatic N) is 1. The average Bonchev–Trinajstić information content (AvgIpc) is 2.28. The molecule has 1 aromatic rings. The van der Waals surface area contributed by atoms with Crippen molar-refractivity contribution in [3.8, 4) is 5.75 Å². The number of hydrogen-bond donors (Lipinski definition) is 0. The highest BCUT2D eigenvalue weighted by Crippen LogP contribution is 2.16. The van der Waals surface area contributed by atoms with Crippen molar-refractivity contribution in [1.29, 1.82) is 0 Å². The maximum atomic E-state index is 12.3. The van der Waals surface area contributed by atoms with E-state index in [9.17, 15) is 13.2 Å². The normalized spacial score (nSPS) is 11.8. The minimum atomic E-state index is -4.21. The van der Waals surface area contributed by atoms with Crippen LogP contribution in [0.1, 0.15) is 0 Å². The summed E-state index contributed by atoms with van der Waals surface area (Å²) in [5, 5.41) is 0. The van der Waals surface area contributed by atoms with Crippen LogP contribution >= 0.6 is 11.6 Å². The molecule has 18 heavy (non-hydrogen) atoms. The summed E-state index contributed by atoms with van der Waals surface area (Å²) >= 11 is 5.47. The first-order valence-electron chi connectivity index (χ1n) is 5.54. The zero-order valence-corrected chi connectivity index (χ0v) is 10.5. The summed E-state index contributed by atoms with van der Waals surface area (Å²) in [7, 11) is 0. The van der Waals surface area contributed by atoms with Crippen LogP contribution in [0.25, 0.3) is 0 Å². The Morgan fingerprint density at radius 3 is 2.33 bits per heavy atom. The van der Waals surface area contributed by atoms with Crippen LogP contribution in [0, 0.1) is 0 Å². The van der Waals surface area contributed by atoms with Gasteiger partial charge in [-0.25, -0.2) is 0 Å². The van der Waals surface area contributed by atoms with Gasteiger partial charge in [0.2, 0.25) is 0 Å². The summed E-state index contributed by atoms with van der Waals surface area (Å²) in [5.74, 6) is 0.817. The molecule has 1 rings (SSSR count). The van der Waals surface area contributed by atoms with E-state index >= 15 is 0 Å². The molecule has 0 aromatic heterocycles. The second kappa shape index (κ2) is 7.48. The van der Waals surface area contributed by atoms with Crippen molar-refractivity contribution in [2.75, 3.05) is 32.1 Å². The van der Waals surface area contributed by atoms with Crippen molar-refractivity contribution in [3.05, 3.63) is 30.3 Å². The predicted octanol–water partition coefficient (Wildman–Crippen LogP) is 3.17. The lowest BCUT2D eigenvalue weighted by atomic mass is 10.3. The van der Waals surface area contributed by atoms with Crippen LogP contribution in [0.15, 0.2) is 30.3 Å². The largest absolute Gasteiger partial charge is 0.492 e. The van der Waals surface area contributed by atoms with Gasteiger partial charge in [0.15, 0.2) is 0 Å². The Morgan fingerprint density at radius 1 is 1.11 bits per heavy atom. The molecule has 2 nitrogen and oxygen atoms in total. The molecular weight excluding hydrogens is 267 g/mol. The quantitative estimate of drug-likeness (QED) is 0.712. The monoisotopic (exact) mass is 281 g/mol. The molecular formula is C12H15ClF3NO. The SMILES string of the molecule is FC(F)(F)CN(CCCl)CCOc1ccccc1. The molecule has 0 aliphatic carbocycles. The zero-order valence-electron chi connectivity index (χ0n) is 9.79. The van der Waals surface area contributed by atoms with Crippen LogP contribution < -0.4 is 4.74 Å². The second-order valence-electron chi connectivity index (χ2n) is 3.74. The van der Waals surface area contributed by atoms with Gasteiger partial charge in [-0.2, -0.15) is 13.2 Å². The number of hydrogen-bond acceptors (Lipinski definition) is 2. The van der Waals surface area contributed by atoms with Gasteiger partial charge in [-0.15, -0.1) is 11.6 Å². The number of benzene rings is 1. The van der Waals surface area contributed by atoms with E-state index in [1.165, 1.54) is 4.90 Å². The van der Waals surface area contributed by atoms with Gasteiger partial charge in [-0.05, 0) is 12.1 Å². The van der Waals surface area contributed by atoms with Gasteiger partial charge in [-0.3, -0.25) is 4.90 Å². The van der Waals surface area contributed by atoms with Crippen molar-refractivity contribution < 1.29 is 17.9 Å². The van der Waals surface area contributed by atoms with Gasteiger partial charge >= 0.3 is 6.18 Å². The van der Waals surface area contributed by atoms with Crippen molar-refractivity contribution >= 4 is 11.6 Å². The minimum absolute atomic E-state index is 0.168. The number of para-hydroxylation sites is 1. The highest BCUT2D eigenvalue weighted by atomic mass is 35.5. The topological polar surface area (TPSA) is 12.5 Å². The third-order valence-corrected chi connectivity index (χ3v) is 2.39. The second-order valence-corrected chi connectivity index (χ2v) is 4.12. The molecule has 1 aromatic carbocycles. The van der Waals surface area contributed by atoms with Gasteiger partial charge in [0.1, 0.15) is 12.4 Å². The molecule has 102 valence electrons. The van der Waals surface area contributed by atoms with Crippen molar-refractivity contribution in [1.82, 2.24) is 4.90 Å². The van der Waals surface area contributed by atoms with Crippen LogP contribution in [0.2, 0.25) is 0 Å². The molecule has 0 bridgehead atoms. The van der Waals surface area contributed by atoms with Crippen molar-refractivity contribution in [2.24, 2.45) is 0 Å². The third kappa shape index (κ3) is 6.71. The Balaban J connectivity index is 2.33. The van der Waals surface area contributed by atoms with E-state index in [1.807, 2.05) is 18.2 Å². The van der Waals surface area contributed by atoms with Gasteiger partial charge in [0.25, 0.3) is 0 Å². The molecule has 0 saturated heterocycles. The first-order chi connectivity index (χ1) is 8.51. The van der Waals surface area contributed by atoms with Gasteiger partial charge < -0.3 is 4.74 Å². The molecule has 0 heterocycles. The molecule has 0 atom stereocenters. The molecule has 0 aliphatic heterocycles. The van der Waals surface area contributed by atoms with E-state index in [0.717, 1.165) is 0 Å². The number of halogens is 4. The molecule has 0 radical (unpaired) electrons. The summed E-state index contributed by atoms with van der Waals surface area (Å²) in [6.07, 6.45) is -4.21. The van der Waals surface area contributed by atoms with Gasteiger partial charge in [0.05, 0.1) is 6.54 Å². The summed E-state index contributed by atoms with van der Waals surface area (Å²) in [4.78, 5) is 1.23. The molecule has 0 saturated carbocycles. The molecule has 0 spiro atoms. The lowest BCUT2D eigenvalue weighted by Crippen LogP contribution is -2.38. The minimum Gasteiger partial charge on any atom is -0.492 e. The van der Waals surface area contributed by atoms with Gasteiger partial charge in [-0.1, -0.05) is 18.2 Å². The Hall–Kier alpha value is -0.940. The summed E-state index contributed by atoms with van der Waals surface area (Å²) < 4.78 is 42.1. The molecule has 0 aliphatic rings. The highest BCUT2D eigenvalue weighted by Gasteiger charge is 2.30. The first kappa shape index (κ1) is 15.1. The molecule has 6 heteroatoms. The first-order valence-corrected chi connectivity index (χ1v) is 6.07.